The van der Waals surface area contributed by atoms with Gasteiger partial charge in [0.05, 0.1) is 23.7 Å². The van der Waals surface area contributed by atoms with Crippen molar-refractivity contribution >= 4 is 51.4 Å². The van der Waals surface area contributed by atoms with E-state index in [0.717, 1.165) is 11.0 Å². The zero-order chi connectivity index (χ0) is 44.0. The van der Waals surface area contributed by atoms with E-state index in [9.17, 15) is 39.3 Å². The van der Waals surface area contributed by atoms with E-state index in [4.69, 9.17) is 8.83 Å². The van der Waals surface area contributed by atoms with Crippen LogP contribution in [0.25, 0.3) is 66.8 Å². The van der Waals surface area contributed by atoms with Crippen molar-refractivity contribution < 1.29 is 43.3 Å². The van der Waals surface area contributed by atoms with Crippen molar-refractivity contribution in [3.8, 4) is 50.7 Å². The Morgan fingerprint density at radius 3 is 1.98 bits per heavy atom. The molecule has 0 radical (unpaired) electrons. The van der Waals surface area contributed by atoms with Gasteiger partial charge in [-0.1, -0.05) is 12.1 Å². The molecule has 2 aliphatic carbocycles. The average Bonchev–Trinajstić information content (AvgIpc) is 3.24. The largest absolute Gasteiger partial charge is 0.508 e. The van der Waals surface area contributed by atoms with Crippen LogP contribution in [0, 0.1) is 0 Å². The maximum Gasteiger partial charge on any atom is 0.336 e. The zero-order valence-electron chi connectivity index (χ0n) is 33.9. The van der Waals surface area contributed by atoms with Gasteiger partial charge in [-0.2, -0.15) is 0 Å². The van der Waals surface area contributed by atoms with Crippen LogP contribution in [0.3, 0.4) is 0 Å². The van der Waals surface area contributed by atoms with Crippen LogP contribution in [0.15, 0.2) is 123 Å². The van der Waals surface area contributed by atoms with Gasteiger partial charge in [0.1, 0.15) is 42.5 Å². The standard InChI is InChI=1S/C48H38N4O10/c1-51(2)27-7-13-33-39(19-27)61-40-20-28(52(3)4)8-14-34(40)45(33)37-18-26(6-12-32(37)47(57)58)46(56)50-24-43(55)49-23-25-5-11-31(38(17-25)48(59)60)44-35-15-9-29(53)21-41(35)62-42-22-30(54)10-16-36(42)44/h5-22H,23-24H2,1-4H3,(H4-,49,50,53,54,55,56,57,58,59,60)/p+1. The summed E-state index contributed by atoms with van der Waals surface area (Å²) in [4.78, 5) is 66.1. The molecule has 14 heteroatoms. The fourth-order valence-electron chi connectivity index (χ4n) is 7.56. The van der Waals surface area contributed by atoms with Gasteiger partial charge < -0.3 is 39.7 Å². The Kier molecular flexibility index (Phi) is 10.5. The van der Waals surface area contributed by atoms with Crippen LogP contribution < -0.4 is 30.9 Å². The number of hydrogen-bond donors (Lipinski definition) is 5. The molecule has 14 nitrogen and oxygen atoms in total. The van der Waals surface area contributed by atoms with Crippen molar-refractivity contribution in [2.75, 3.05) is 39.6 Å². The topological polar surface area (TPSA) is 203 Å². The summed E-state index contributed by atoms with van der Waals surface area (Å²) in [7, 11) is 7.60. The summed E-state index contributed by atoms with van der Waals surface area (Å²) in [6.45, 7) is -0.508. The minimum absolute atomic E-state index is 0.0345. The molecule has 0 bridgehead atoms. The molecule has 8 rings (SSSR count). The molecule has 2 aliphatic heterocycles. The smallest absolute Gasteiger partial charge is 0.336 e. The highest BCUT2D eigenvalue weighted by atomic mass is 16.4. The Morgan fingerprint density at radius 1 is 0.645 bits per heavy atom. The maximum absolute atomic E-state index is 13.6. The second-order valence-corrected chi connectivity index (χ2v) is 15.2. The number of carboxylic acid groups (broad SMARTS) is 2. The van der Waals surface area contributed by atoms with E-state index in [1.165, 1.54) is 48.5 Å². The first-order valence-corrected chi connectivity index (χ1v) is 19.3. The van der Waals surface area contributed by atoms with Gasteiger partial charge in [-0.05, 0) is 83.4 Å². The Morgan fingerprint density at radius 2 is 1.29 bits per heavy atom. The summed E-state index contributed by atoms with van der Waals surface area (Å²) in [6.07, 6.45) is 0. The number of aromatic carboxylic acids is 2. The van der Waals surface area contributed by atoms with Crippen LogP contribution in [0.5, 0.6) is 5.75 Å². The lowest BCUT2D eigenvalue weighted by atomic mass is 9.89. The van der Waals surface area contributed by atoms with Crippen molar-refractivity contribution in [1.82, 2.24) is 15.2 Å². The molecule has 0 unspecified atom stereocenters. The minimum atomic E-state index is -1.24. The van der Waals surface area contributed by atoms with Crippen LogP contribution >= 0.6 is 0 Å². The second-order valence-electron chi connectivity index (χ2n) is 15.2. The van der Waals surface area contributed by atoms with Crippen molar-refractivity contribution in [2.24, 2.45) is 0 Å². The van der Waals surface area contributed by atoms with E-state index in [-0.39, 0.29) is 51.3 Å². The predicted octanol–water partition coefficient (Wildman–Crippen LogP) is 6.33. The summed E-state index contributed by atoms with van der Waals surface area (Å²) in [6, 6.07) is 28.8. The van der Waals surface area contributed by atoms with Crippen LogP contribution in [0.1, 0.15) is 36.6 Å². The van der Waals surface area contributed by atoms with Gasteiger partial charge in [0, 0.05) is 89.2 Å². The molecule has 0 spiro atoms. The first-order chi connectivity index (χ1) is 29.7. The highest BCUT2D eigenvalue weighted by Gasteiger charge is 2.25. The van der Waals surface area contributed by atoms with Crippen LogP contribution in [0.2, 0.25) is 0 Å². The summed E-state index contributed by atoms with van der Waals surface area (Å²) in [5.41, 5.74) is 4.57. The molecule has 4 aliphatic rings. The third kappa shape index (κ3) is 7.68. The molecule has 0 saturated heterocycles. The number of carboxylic acids is 2. The van der Waals surface area contributed by atoms with Crippen LogP contribution in [0.4, 0.5) is 5.69 Å². The molecular weight excluding hydrogens is 793 g/mol. The van der Waals surface area contributed by atoms with Gasteiger partial charge in [-0.3, -0.25) is 14.4 Å². The number of nitrogens with one attached hydrogen (secondary N) is 2. The number of aromatic hydroxyl groups is 1. The number of hydrogen-bond acceptors (Lipinski definition) is 9. The molecule has 0 atom stereocenters. The first-order valence-electron chi connectivity index (χ1n) is 19.3. The minimum Gasteiger partial charge on any atom is -0.508 e. The van der Waals surface area contributed by atoms with Crippen molar-refractivity contribution in [3.63, 3.8) is 0 Å². The molecule has 0 saturated carbocycles. The molecule has 0 fully saturated rings. The molecule has 5 N–H and O–H groups in total. The lowest BCUT2D eigenvalue weighted by molar-refractivity contribution is -0.120. The second kappa shape index (κ2) is 16.1. The van der Waals surface area contributed by atoms with E-state index in [0.29, 0.717) is 55.5 Å². The summed E-state index contributed by atoms with van der Waals surface area (Å²) in [5, 5.41) is 38.1. The van der Waals surface area contributed by atoms with Crippen LogP contribution in [-0.4, -0.2) is 73.8 Å². The third-order valence-corrected chi connectivity index (χ3v) is 10.7. The van der Waals surface area contributed by atoms with E-state index < -0.39 is 30.3 Å². The molecule has 2 amide bonds. The van der Waals surface area contributed by atoms with Crippen molar-refractivity contribution in [2.45, 2.75) is 6.54 Å². The highest BCUT2D eigenvalue weighted by Crippen LogP contribution is 2.44. The molecule has 62 heavy (non-hydrogen) atoms. The lowest BCUT2D eigenvalue weighted by Gasteiger charge is -2.19. The fraction of sp³-hybridized carbons (Fsp3) is 0.125. The number of fused-ring (bicyclic) bond motifs is 4. The number of benzene rings is 6. The van der Waals surface area contributed by atoms with Gasteiger partial charge in [0.2, 0.25) is 11.3 Å². The van der Waals surface area contributed by atoms with Gasteiger partial charge in [0.15, 0.2) is 5.43 Å². The Labute approximate surface area is 352 Å². The summed E-state index contributed by atoms with van der Waals surface area (Å²) >= 11 is 0. The third-order valence-electron chi connectivity index (χ3n) is 10.7. The van der Waals surface area contributed by atoms with Crippen molar-refractivity contribution in [1.29, 1.82) is 0 Å². The molecule has 4 aromatic rings. The highest BCUT2D eigenvalue weighted by molar-refractivity contribution is 6.10. The number of rotatable bonds is 10. The quantitative estimate of drug-likeness (QED) is 0.0762. The summed E-state index contributed by atoms with van der Waals surface area (Å²) < 4.78 is 14.2. The molecular formula is C48H39N4O10+. The van der Waals surface area contributed by atoms with Crippen LogP contribution in [-0.2, 0) is 11.3 Å². The fourth-order valence-corrected chi connectivity index (χ4v) is 7.56. The maximum atomic E-state index is 13.6. The molecule has 4 aromatic carbocycles. The van der Waals surface area contributed by atoms with Gasteiger partial charge in [-0.25, -0.2) is 14.2 Å². The van der Waals surface area contributed by atoms with E-state index in [1.807, 2.05) is 74.1 Å². The number of nitrogens with zero attached hydrogens (tertiary/aromatic N) is 2. The Bertz CT molecular complexity index is 3230. The number of phenolic OH excluding ortho intramolecular Hbond substituents is 1. The van der Waals surface area contributed by atoms with Gasteiger partial charge >= 0.3 is 11.9 Å². The Balaban J connectivity index is 1.05. The normalized spacial score (nSPS) is 11.2. The van der Waals surface area contributed by atoms with Gasteiger partial charge in [-0.15, -0.1) is 0 Å². The monoisotopic (exact) mass is 831 g/mol. The molecule has 2 heterocycles. The number of phenols is 1. The van der Waals surface area contributed by atoms with E-state index >= 15 is 0 Å². The summed E-state index contributed by atoms with van der Waals surface area (Å²) in [5.74, 6) is -2.96. The lowest BCUT2D eigenvalue weighted by Crippen LogP contribution is -2.36. The predicted molar refractivity (Wildman–Crippen MR) is 234 cm³/mol. The molecule has 310 valence electrons. The van der Waals surface area contributed by atoms with Crippen molar-refractivity contribution in [3.05, 3.63) is 147 Å². The first kappa shape index (κ1) is 40.5. The number of anilines is 1. The van der Waals surface area contributed by atoms with Gasteiger partial charge in [0.25, 0.3) is 5.91 Å². The van der Waals surface area contributed by atoms with E-state index in [1.54, 1.807) is 24.3 Å². The number of carbonyl (C=O) groups excluding carboxylic acids is 2. The molecule has 0 aromatic heterocycles. The average molecular weight is 832 g/mol. The van der Waals surface area contributed by atoms with E-state index in [2.05, 4.69) is 10.6 Å². The zero-order valence-corrected chi connectivity index (χ0v) is 33.9. The number of amides is 2. The SMILES string of the molecule is CN(C)c1ccc2c(-c3cc(C(=O)NCC(=O)NCc4ccc(-c5c6ccc(=O)cc-6oc6cc(O)ccc56)c(C(=O)O)c4)ccc3C(=O)O)c3ccc(=[N+](C)C)cc-3oc2c1. The number of carbonyl (C=O) groups is 4. The Hall–Kier alpha value is -8.26.